The van der Waals surface area contributed by atoms with E-state index in [9.17, 15) is 4.79 Å². The summed E-state index contributed by atoms with van der Waals surface area (Å²) in [5, 5.41) is 0. The van der Waals surface area contributed by atoms with Gasteiger partial charge in [-0.1, -0.05) is 42.5 Å². The first kappa shape index (κ1) is 17.8. The van der Waals surface area contributed by atoms with Crippen molar-refractivity contribution >= 4 is 5.97 Å². The fourth-order valence-corrected chi connectivity index (χ4v) is 2.35. The van der Waals surface area contributed by atoms with Crippen LogP contribution in [-0.4, -0.2) is 25.7 Å². The molecule has 1 atom stereocenters. The van der Waals surface area contributed by atoms with Crippen molar-refractivity contribution in [2.45, 2.75) is 26.0 Å². The summed E-state index contributed by atoms with van der Waals surface area (Å²) in [5.74, 6) is 0.789. The van der Waals surface area contributed by atoms with E-state index in [1.165, 1.54) is 0 Å². The molecular formula is C19H23NO4. The van der Waals surface area contributed by atoms with Gasteiger partial charge in [-0.2, -0.15) is 0 Å². The first-order chi connectivity index (χ1) is 11.7. The van der Waals surface area contributed by atoms with E-state index < -0.39 is 12.0 Å². The van der Waals surface area contributed by atoms with Gasteiger partial charge in [0.05, 0.1) is 13.7 Å². The molecule has 2 rings (SSSR count). The molecule has 2 aromatic rings. The largest absolute Gasteiger partial charge is 0.493 e. The average Bonchev–Trinajstić information content (AvgIpc) is 2.61. The third-order valence-electron chi connectivity index (χ3n) is 3.54. The predicted molar refractivity (Wildman–Crippen MR) is 92.1 cm³/mol. The quantitative estimate of drug-likeness (QED) is 0.754. The molecule has 0 amide bonds. The van der Waals surface area contributed by atoms with Gasteiger partial charge in [-0.05, 0) is 18.6 Å². The van der Waals surface area contributed by atoms with E-state index in [1.807, 2.05) is 48.5 Å². The minimum atomic E-state index is -0.740. The van der Waals surface area contributed by atoms with Crippen molar-refractivity contribution in [3.05, 3.63) is 59.7 Å². The zero-order valence-electron chi connectivity index (χ0n) is 14.0. The zero-order valence-corrected chi connectivity index (χ0v) is 14.0. The number of carbonyl (C=O) groups is 1. The highest BCUT2D eigenvalue weighted by Gasteiger charge is 2.19. The van der Waals surface area contributed by atoms with Crippen LogP contribution in [0.15, 0.2) is 48.5 Å². The molecule has 0 bridgehead atoms. The Morgan fingerprint density at radius 3 is 2.54 bits per heavy atom. The number of para-hydroxylation sites is 1. The fraction of sp³-hybridized carbons (Fsp3) is 0.316. The number of esters is 1. The second kappa shape index (κ2) is 8.93. The van der Waals surface area contributed by atoms with E-state index in [1.54, 1.807) is 14.0 Å². The van der Waals surface area contributed by atoms with E-state index >= 15 is 0 Å². The summed E-state index contributed by atoms with van der Waals surface area (Å²) in [6.07, 6.45) is 0.320. The van der Waals surface area contributed by atoms with Crippen LogP contribution in [0.25, 0.3) is 0 Å². The maximum absolute atomic E-state index is 11.8. The molecule has 5 nitrogen and oxygen atoms in total. The van der Waals surface area contributed by atoms with Gasteiger partial charge in [-0.25, -0.2) is 0 Å². The van der Waals surface area contributed by atoms with Crippen molar-refractivity contribution in [3.63, 3.8) is 0 Å². The van der Waals surface area contributed by atoms with Crippen molar-refractivity contribution in [1.82, 2.24) is 0 Å². The molecule has 0 aliphatic carbocycles. The van der Waals surface area contributed by atoms with Gasteiger partial charge in [-0.15, -0.1) is 0 Å². The van der Waals surface area contributed by atoms with Crippen LogP contribution < -0.4 is 15.2 Å². The zero-order chi connectivity index (χ0) is 17.4. The van der Waals surface area contributed by atoms with Crippen LogP contribution in [0.2, 0.25) is 0 Å². The lowest BCUT2D eigenvalue weighted by Gasteiger charge is -2.17. The summed E-state index contributed by atoms with van der Waals surface area (Å²) < 4.78 is 16.3. The molecule has 0 saturated heterocycles. The van der Waals surface area contributed by atoms with Crippen molar-refractivity contribution in [2.75, 3.05) is 13.7 Å². The molecule has 2 N–H and O–H groups in total. The first-order valence-electron chi connectivity index (χ1n) is 7.90. The first-order valence-corrected chi connectivity index (χ1v) is 7.90. The number of carbonyl (C=O) groups excluding carboxylic acids is 1. The topological polar surface area (TPSA) is 70.8 Å². The molecule has 24 heavy (non-hydrogen) atoms. The molecule has 1 unspecified atom stereocenters. The highest BCUT2D eigenvalue weighted by molar-refractivity contribution is 5.76. The molecule has 0 aromatic heterocycles. The van der Waals surface area contributed by atoms with Crippen LogP contribution in [0.4, 0.5) is 0 Å². The Balaban J connectivity index is 2.17. The molecule has 128 valence electrons. The standard InChI is InChI=1S/C19H23NO4/c1-3-23-19(21)16(20)12-15-10-7-11-17(22-2)18(15)24-13-14-8-5-4-6-9-14/h4-11,16H,3,12-13,20H2,1-2H3. The SMILES string of the molecule is CCOC(=O)C(N)Cc1cccc(OC)c1OCc1ccccc1. The predicted octanol–water partition coefficient (Wildman–Crippen LogP) is 2.71. The Hall–Kier alpha value is -2.53. The number of methoxy groups -OCH3 is 1. The van der Waals surface area contributed by atoms with Crippen LogP contribution in [-0.2, 0) is 22.6 Å². The lowest BCUT2D eigenvalue weighted by molar-refractivity contribution is -0.144. The third-order valence-corrected chi connectivity index (χ3v) is 3.54. The molecule has 0 saturated carbocycles. The van der Waals surface area contributed by atoms with Gasteiger partial charge in [-0.3, -0.25) is 4.79 Å². The average molecular weight is 329 g/mol. The van der Waals surface area contributed by atoms with Gasteiger partial charge in [0.1, 0.15) is 12.6 Å². The Labute approximate surface area is 142 Å². The van der Waals surface area contributed by atoms with Crippen LogP contribution in [0.1, 0.15) is 18.1 Å². The van der Waals surface area contributed by atoms with E-state index in [4.69, 9.17) is 19.9 Å². The summed E-state index contributed by atoms with van der Waals surface area (Å²) in [6, 6.07) is 14.6. The van der Waals surface area contributed by atoms with Gasteiger partial charge in [0.25, 0.3) is 0 Å². The van der Waals surface area contributed by atoms with Crippen molar-refractivity contribution in [2.24, 2.45) is 5.73 Å². The van der Waals surface area contributed by atoms with Crippen LogP contribution in [0.5, 0.6) is 11.5 Å². The molecule has 0 fully saturated rings. The monoisotopic (exact) mass is 329 g/mol. The van der Waals surface area contributed by atoms with Gasteiger partial charge in [0.15, 0.2) is 11.5 Å². The highest BCUT2D eigenvalue weighted by atomic mass is 16.5. The van der Waals surface area contributed by atoms with Crippen molar-refractivity contribution in [3.8, 4) is 11.5 Å². The Kier molecular flexibility index (Phi) is 6.63. The lowest BCUT2D eigenvalue weighted by Crippen LogP contribution is -2.34. The fourth-order valence-electron chi connectivity index (χ4n) is 2.35. The highest BCUT2D eigenvalue weighted by Crippen LogP contribution is 2.32. The summed E-state index contributed by atoms with van der Waals surface area (Å²) in [5.41, 5.74) is 7.79. The number of hydrogen-bond acceptors (Lipinski definition) is 5. The molecule has 5 heteroatoms. The van der Waals surface area contributed by atoms with Crippen LogP contribution >= 0.6 is 0 Å². The molecule has 0 radical (unpaired) electrons. The maximum Gasteiger partial charge on any atom is 0.323 e. The minimum absolute atomic E-state index is 0.308. The van der Waals surface area contributed by atoms with E-state index in [2.05, 4.69) is 0 Å². The number of hydrogen-bond donors (Lipinski definition) is 1. The Morgan fingerprint density at radius 1 is 1.12 bits per heavy atom. The molecule has 0 heterocycles. The Bertz CT molecular complexity index is 658. The van der Waals surface area contributed by atoms with Crippen LogP contribution in [0.3, 0.4) is 0 Å². The van der Waals surface area contributed by atoms with Gasteiger partial charge < -0.3 is 19.9 Å². The van der Waals surface area contributed by atoms with Gasteiger partial charge >= 0.3 is 5.97 Å². The summed E-state index contributed by atoms with van der Waals surface area (Å²) in [6.45, 7) is 2.47. The van der Waals surface area contributed by atoms with Crippen molar-refractivity contribution < 1.29 is 19.0 Å². The molecule has 2 aromatic carbocycles. The number of benzene rings is 2. The lowest BCUT2D eigenvalue weighted by atomic mass is 10.0. The number of rotatable bonds is 8. The third kappa shape index (κ3) is 4.73. The molecular weight excluding hydrogens is 306 g/mol. The minimum Gasteiger partial charge on any atom is -0.493 e. The maximum atomic E-state index is 11.8. The second-order valence-electron chi connectivity index (χ2n) is 5.29. The van der Waals surface area contributed by atoms with Gasteiger partial charge in [0.2, 0.25) is 0 Å². The molecule has 0 aliphatic rings. The summed E-state index contributed by atoms with van der Waals surface area (Å²) >= 11 is 0. The second-order valence-corrected chi connectivity index (χ2v) is 5.29. The van der Waals surface area contributed by atoms with E-state index in [0.29, 0.717) is 31.1 Å². The number of ether oxygens (including phenoxy) is 3. The van der Waals surface area contributed by atoms with E-state index in [0.717, 1.165) is 11.1 Å². The Morgan fingerprint density at radius 2 is 1.88 bits per heavy atom. The molecule has 0 spiro atoms. The molecule has 0 aliphatic heterocycles. The summed E-state index contributed by atoms with van der Waals surface area (Å²) in [7, 11) is 1.58. The van der Waals surface area contributed by atoms with Crippen molar-refractivity contribution in [1.29, 1.82) is 0 Å². The van der Waals surface area contributed by atoms with E-state index in [-0.39, 0.29) is 0 Å². The smallest absolute Gasteiger partial charge is 0.323 e. The summed E-state index contributed by atoms with van der Waals surface area (Å²) in [4.78, 5) is 11.8. The number of nitrogens with two attached hydrogens (primary N) is 1. The normalized spacial score (nSPS) is 11.6. The van der Waals surface area contributed by atoms with Crippen LogP contribution in [0, 0.1) is 0 Å². The van der Waals surface area contributed by atoms with Gasteiger partial charge in [0, 0.05) is 12.0 Å².